The molecule has 2 aliphatic heterocycles. The smallest absolute Gasteiger partial charge is 0.311 e. The third-order valence-electron chi connectivity index (χ3n) is 5.09. The van der Waals surface area contributed by atoms with E-state index in [9.17, 15) is 14.0 Å². The standard InChI is InChI=1S/C21H22FN3O4/c22-17-4-2-1-3-16(17)12-23-20(26)21(27)25-9-7-24(8-10-25)13-15-5-6-18-19(11-15)29-14-28-18/h1-6,11H,7-10,12-14H2,(H,23,26). The molecule has 1 fully saturated rings. The number of benzene rings is 2. The van der Waals surface area contributed by atoms with E-state index in [1.54, 1.807) is 18.2 Å². The molecule has 0 aliphatic carbocycles. The molecule has 1 saturated heterocycles. The van der Waals surface area contributed by atoms with Crippen molar-refractivity contribution in [1.82, 2.24) is 15.1 Å². The van der Waals surface area contributed by atoms with Crippen LogP contribution in [0.4, 0.5) is 4.39 Å². The quantitative estimate of drug-likeness (QED) is 0.790. The molecule has 2 amide bonds. The van der Waals surface area contributed by atoms with E-state index in [2.05, 4.69) is 10.2 Å². The molecule has 2 aromatic rings. The normalized spacial score (nSPS) is 16.0. The number of hydrogen-bond acceptors (Lipinski definition) is 5. The van der Waals surface area contributed by atoms with Crippen LogP contribution in [0.1, 0.15) is 11.1 Å². The van der Waals surface area contributed by atoms with E-state index in [0.717, 1.165) is 23.6 Å². The molecule has 152 valence electrons. The van der Waals surface area contributed by atoms with Crippen LogP contribution >= 0.6 is 0 Å². The molecular weight excluding hydrogens is 377 g/mol. The van der Waals surface area contributed by atoms with Crippen LogP contribution in [0.15, 0.2) is 42.5 Å². The van der Waals surface area contributed by atoms with Gasteiger partial charge in [-0.3, -0.25) is 14.5 Å². The first-order valence-corrected chi connectivity index (χ1v) is 9.51. The van der Waals surface area contributed by atoms with Gasteiger partial charge in [-0.1, -0.05) is 24.3 Å². The number of piperazine rings is 1. The SMILES string of the molecule is O=C(NCc1ccccc1F)C(=O)N1CCN(Cc2ccc3c(c2)OCO3)CC1. The summed E-state index contributed by atoms with van der Waals surface area (Å²) in [7, 11) is 0. The van der Waals surface area contributed by atoms with Crippen LogP contribution in [0.5, 0.6) is 11.5 Å². The minimum absolute atomic E-state index is 0.0126. The summed E-state index contributed by atoms with van der Waals surface area (Å²) in [5, 5.41) is 2.50. The highest BCUT2D eigenvalue weighted by molar-refractivity contribution is 6.35. The van der Waals surface area contributed by atoms with Gasteiger partial charge in [-0.2, -0.15) is 0 Å². The van der Waals surface area contributed by atoms with Crippen molar-refractivity contribution < 1.29 is 23.5 Å². The molecule has 7 nitrogen and oxygen atoms in total. The van der Waals surface area contributed by atoms with Gasteiger partial charge in [-0.05, 0) is 23.8 Å². The number of carbonyl (C=O) groups is 2. The minimum atomic E-state index is -0.711. The first kappa shape index (κ1) is 19.2. The van der Waals surface area contributed by atoms with Crippen molar-refractivity contribution in [2.45, 2.75) is 13.1 Å². The second-order valence-corrected chi connectivity index (χ2v) is 7.03. The molecule has 0 spiro atoms. The van der Waals surface area contributed by atoms with Crippen LogP contribution in [0.3, 0.4) is 0 Å². The highest BCUT2D eigenvalue weighted by atomic mass is 19.1. The molecule has 1 N–H and O–H groups in total. The number of halogens is 1. The zero-order valence-corrected chi connectivity index (χ0v) is 15.9. The fraction of sp³-hybridized carbons (Fsp3) is 0.333. The number of carbonyl (C=O) groups excluding carboxylic acids is 2. The summed E-state index contributed by atoms with van der Waals surface area (Å²) in [6.07, 6.45) is 0. The number of nitrogens with one attached hydrogen (secondary N) is 1. The Hall–Kier alpha value is -3.13. The first-order chi connectivity index (χ1) is 14.1. The van der Waals surface area contributed by atoms with Crippen molar-refractivity contribution in [3.8, 4) is 11.5 Å². The minimum Gasteiger partial charge on any atom is -0.454 e. The molecule has 4 rings (SSSR count). The van der Waals surface area contributed by atoms with E-state index in [4.69, 9.17) is 9.47 Å². The third-order valence-corrected chi connectivity index (χ3v) is 5.09. The Bertz CT molecular complexity index is 913. The Labute approximate surface area is 168 Å². The van der Waals surface area contributed by atoms with E-state index >= 15 is 0 Å². The number of amides is 2. The maximum atomic E-state index is 13.6. The van der Waals surface area contributed by atoms with Gasteiger partial charge in [0.1, 0.15) is 5.82 Å². The fourth-order valence-corrected chi connectivity index (χ4v) is 3.44. The van der Waals surface area contributed by atoms with Crippen molar-refractivity contribution >= 4 is 11.8 Å². The number of fused-ring (bicyclic) bond motifs is 1. The monoisotopic (exact) mass is 399 g/mol. The van der Waals surface area contributed by atoms with Crippen molar-refractivity contribution in [2.75, 3.05) is 33.0 Å². The Morgan fingerprint density at radius 2 is 1.76 bits per heavy atom. The molecule has 0 atom stereocenters. The molecule has 0 saturated carbocycles. The van der Waals surface area contributed by atoms with Crippen molar-refractivity contribution in [3.63, 3.8) is 0 Å². The summed E-state index contributed by atoms with van der Waals surface area (Å²) in [5.74, 6) is -0.188. The molecule has 0 unspecified atom stereocenters. The van der Waals surface area contributed by atoms with Gasteiger partial charge in [-0.15, -0.1) is 0 Å². The fourth-order valence-electron chi connectivity index (χ4n) is 3.44. The maximum Gasteiger partial charge on any atom is 0.311 e. The lowest BCUT2D eigenvalue weighted by Crippen LogP contribution is -2.52. The molecule has 0 radical (unpaired) electrons. The van der Waals surface area contributed by atoms with Crippen LogP contribution in [0.2, 0.25) is 0 Å². The van der Waals surface area contributed by atoms with Gasteiger partial charge in [0, 0.05) is 44.8 Å². The van der Waals surface area contributed by atoms with E-state index in [0.29, 0.717) is 31.7 Å². The highest BCUT2D eigenvalue weighted by Gasteiger charge is 2.26. The van der Waals surface area contributed by atoms with Crippen LogP contribution in [-0.4, -0.2) is 54.6 Å². The van der Waals surface area contributed by atoms with Gasteiger partial charge >= 0.3 is 11.8 Å². The number of nitrogens with zero attached hydrogens (tertiary/aromatic N) is 2. The zero-order chi connectivity index (χ0) is 20.2. The third kappa shape index (κ3) is 4.48. The van der Waals surface area contributed by atoms with Crippen molar-refractivity contribution in [2.24, 2.45) is 0 Å². The van der Waals surface area contributed by atoms with Gasteiger partial charge in [0.05, 0.1) is 0 Å². The Morgan fingerprint density at radius 1 is 1.00 bits per heavy atom. The summed E-state index contributed by atoms with van der Waals surface area (Å²) >= 11 is 0. The molecular formula is C21H22FN3O4. The van der Waals surface area contributed by atoms with Gasteiger partial charge < -0.3 is 19.7 Å². The Balaban J connectivity index is 1.25. The first-order valence-electron chi connectivity index (χ1n) is 9.51. The summed E-state index contributed by atoms with van der Waals surface area (Å²) < 4.78 is 24.4. The lowest BCUT2D eigenvalue weighted by atomic mass is 10.1. The molecule has 0 aromatic heterocycles. The predicted octanol–water partition coefficient (Wildman–Crippen LogP) is 1.51. The van der Waals surface area contributed by atoms with E-state index in [-0.39, 0.29) is 13.3 Å². The molecule has 8 heteroatoms. The lowest BCUT2D eigenvalue weighted by Gasteiger charge is -2.34. The average molecular weight is 399 g/mol. The summed E-state index contributed by atoms with van der Waals surface area (Å²) in [4.78, 5) is 28.3. The van der Waals surface area contributed by atoms with Gasteiger partial charge in [-0.25, -0.2) is 4.39 Å². The second kappa shape index (κ2) is 8.48. The van der Waals surface area contributed by atoms with Crippen molar-refractivity contribution in [1.29, 1.82) is 0 Å². The van der Waals surface area contributed by atoms with Crippen LogP contribution in [0, 0.1) is 5.82 Å². The highest BCUT2D eigenvalue weighted by Crippen LogP contribution is 2.32. The summed E-state index contributed by atoms with van der Waals surface area (Å²) in [6.45, 7) is 3.24. The zero-order valence-electron chi connectivity index (χ0n) is 15.9. The topological polar surface area (TPSA) is 71.1 Å². The molecule has 2 heterocycles. The summed E-state index contributed by atoms with van der Waals surface area (Å²) in [5.41, 5.74) is 1.46. The van der Waals surface area contributed by atoms with Crippen LogP contribution in [-0.2, 0) is 22.7 Å². The molecule has 29 heavy (non-hydrogen) atoms. The van der Waals surface area contributed by atoms with Crippen molar-refractivity contribution in [3.05, 3.63) is 59.4 Å². The Kier molecular flexibility index (Phi) is 5.62. The molecule has 2 aromatic carbocycles. The molecule has 2 aliphatic rings. The number of rotatable bonds is 4. The van der Waals surface area contributed by atoms with Crippen LogP contribution < -0.4 is 14.8 Å². The molecule has 0 bridgehead atoms. The van der Waals surface area contributed by atoms with E-state index in [1.807, 2.05) is 18.2 Å². The van der Waals surface area contributed by atoms with E-state index < -0.39 is 17.6 Å². The average Bonchev–Trinajstić information content (AvgIpc) is 3.21. The van der Waals surface area contributed by atoms with Gasteiger partial charge in [0.25, 0.3) is 0 Å². The van der Waals surface area contributed by atoms with Crippen LogP contribution in [0.25, 0.3) is 0 Å². The number of ether oxygens (including phenoxy) is 2. The number of hydrogen-bond donors (Lipinski definition) is 1. The predicted molar refractivity (Wildman–Crippen MR) is 103 cm³/mol. The van der Waals surface area contributed by atoms with Gasteiger partial charge in [0.2, 0.25) is 6.79 Å². The second-order valence-electron chi connectivity index (χ2n) is 7.03. The lowest BCUT2D eigenvalue weighted by molar-refractivity contribution is -0.147. The summed E-state index contributed by atoms with van der Waals surface area (Å²) in [6, 6.07) is 12.0. The maximum absolute atomic E-state index is 13.6. The van der Waals surface area contributed by atoms with E-state index in [1.165, 1.54) is 11.0 Å². The largest absolute Gasteiger partial charge is 0.454 e. The Morgan fingerprint density at radius 3 is 2.55 bits per heavy atom. The van der Waals surface area contributed by atoms with Gasteiger partial charge in [0.15, 0.2) is 11.5 Å².